The van der Waals surface area contributed by atoms with Crippen LogP contribution < -0.4 is 5.73 Å². The zero-order valence-electron chi connectivity index (χ0n) is 8.82. The fraction of sp³-hybridized carbons (Fsp3) is 0.333. The lowest BCUT2D eigenvalue weighted by Gasteiger charge is -2.12. The Morgan fingerprint density at radius 2 is 2.33 bits per heavy atom. The second-order valence-corrected chi connectivity index (χ2v) is 3.46. The molecule has 80 valence electrons. The van der Waals surface area contributed by atoms with E-state index in [0.717, 1.165) is 35.7 Å². The van der Waals surface area contributed by atoms with Crippen LogP contribution >= 0.6 is 0 Å². The molecule has 0 radical (unpaired) electrons. The van der Waals surface area contributed by atoms with Crippen molar-refractivity contribution in [1.29, 1.82) is 0 Å². The van der Waals surface area contributed by atoms with Crippen molar-refractivity contribution in [3.8, 4) is 0 Å². The molecule has 0 aliphatic heterocycles. The molecule has 0 atom stereocenters. The lowest BCUT2D eigenvalue weighted by atomic mass is 10.0. The summed E-state index contributed by atoms with van der Waals surface area (Å²) in [7, 11) is 1.68. The molecule has 0 bridgehead atoms. The highest BCUT2D eigenvalue weighted by Crippen LogP contribution is 2.29. The summed E-state index contributed by atoms with van der Waals surface area (Å²) in [5, 5.41) is 0. The molecule has 1 aromatic heterocycles. The molecule has 3 heteroatoms. The SMILES string of the molecule is COC1=C(c2ccc(CN)o2)CCC=C1. The van der Waals surface area contributed by atoms with E-state index in [1.165, 1.54) is 0 Å². The molecule has 0 amide bonds. The van der Waals surface area contributed by atoms with Crippen molar-refractivity contribution in [2.45, 2.75) is 19.4 Å². The van der Waals surface area contributed by atoms with Crippen LogP contribution in [0.1, 0.15) is 24.4 Å². The van der Waals surface area contributed by atoms with E-state index < -0.39 is 0 Å². The first-order valence-electron chi connectivity index (χ1n) is 5.08. The van der Waals surface area contributed by atoms with Crippen LogP contribution in [0.4, 0.5) is 0 Å². The van der Waals surface area contributed by atoms with Crippen molar-refractivity contribution in [2.75, 3.05) is 7.11 Å². The lowest BCUT2D eigenvalue weighted by Crippen LogP contribution is -1.96. The maximum atomic E-state index is 5.61. The zero-order chi connectivity index (χ0) is 10.7. The smallest absolute Gasteiger partial charge is 0.134 e. The number of hydrogen-bond acceptors (Lipinski definition) is 3. The van der Waals surface area contributed by atoms with Crippen LogP contribution in [0.5, 0.6) is 0 Å². The topological polar surface area (TPSA) is 48.4 Å². The largest absolute Gasteiger partial charge is 0.496 e. The molecule has 1 aliphatic rings. The molecule has 0 spiro atoms. The van der Waals surface area contributed by atoms with Gasteiger partial charge in [-0.1, -0.05) is 6.08 Å². The Balaban J connectivity index is 2.35. The molecule has 0 unspecified atom stereocenters. The van der Waals surface area contributed by atoms with Crippen LogP contribution in [0.3, 0.4) is 0 Å². The molecule has 0 aromatic carbocycles. The Kier molecular flexibility index (Phi) is 2.92. The van der Waals surface area contributed by atoms with Crippen molar-refractivity contribution in [3.05, 3.63) is 41.6 Å². The fourth-order valence-corrected chi connectivity index (χ4v) is 1.73. The van der Waals surface area contributed by atoms with E-state index in [2.05, 4.69) is 6.08 Å². The number of nitrogens with two attached hydrogens (primary N) is 1. The number of methoxy groups -OCH3 is 1. The molecule has 1 heterocycles. The summed E-state index contributed by atoms with van der Waals surface area (Å²) in [6.45, 7) is 0.436. The standard InChI is InChI=1S/C12H15NO2/c1-14-11-5-3-2-4-10(11)12-7-6-9(8-13)15-12/h3,5-7H,2,4,8,13H2,1H3. The predicted octanol–water partition coefficient (Wildman–Crippen LogP) is 2.45. The van der Waals surface area contributed by atoms with Gasteiger partial charge in [0.2, 0.25) is 0 Å². The van der Waals surface area contributed by atoms with E-state index >= 15 is 0 Å². The summed E-state index contributed by atoms with van der Waals surface area (Å²) < 4.78 is 10.9. The van der Waals surface area contributed by atoms with Gasteiger partial charge in [0.15, 0.2) is 0 Å². The average Bonchev–Trinajstić information content (AvgIpc) is 2.77. The number of allylic oxidation sites excluding steroid dienone is 3. The van der Waals surface area contributed by atoms with Crippen LogP contribution in [-0.2, 0) is 11.3 Å². The Morgan fingerprint density at radius 1 is 1.47 bits per heavy atom. The van der Waals surface area contributed by atoms with Gasteiger partial charge in [0.05, 0.1) is 13.7 Å². The first-order chi connectivity index (χ1) is 7.35. The second-order valence-electron chi connectivity index (χ2n) is 3.46. The van der Waals surface area contributed by atoms with E-state index in [4.69, 9.17) is 14.9 Å². The first kappa shape index (κ1) is 10.1. The predicted molar refractivity (Wildman–Crippen MR) is 58.9 cm³/mol. The highest BCUT2D eigenvalue weighted by molar-refractivity contribution is 5.67. The second kappa shape index (κ2) is 4.36. The van der Waals surface area contributed by atoms with Gasteiger partial charge in [-0.3, -0.25) is 0 Å². The highest BCUT2D eigenvalue weighted by Gasteiger charge is 2.14. The van der Waals surface area contributed by atoms with Crippen molar-refractivity contribution >= 4 is 5.57 Å². The van der Waals surface area contributed by atoms with E-state index in [9.17, 15) is 0 Å². The van der Waals surface area contributed by atoms with Gasteiger partial charge in [-0.15, -0.1) is 0 Å². The van der Waals surface area contributed by atoms with Crippen molar-refractivity contribution < 1.29 is 9.15 Å². The van der Waals surface area contributed by atoms with Crippen molar-refractivity contribution in [1.82, 2.24) is 0 Å². The summed E-state index contributed by atoms with van der Waals surface area (Å²) in [6.07, 6.45) is 6.08. The number of furan rings is 1. The van der Waals surface area contributed by atoms with E-state index in [1.54, 1.807) is 7.11 Å². The van der Waals surface area contributed by atoms with Crippen LogP contribution in [0.25, 0.3) is 5.57 Å². The summed E-state index contributed by atoms with van der Waals surface area (Å²) in [5.41, 5.74) is 6.63. The number of ether oxygens (including phenoxy) is 1. The van der Waals surface area contributed by atoms with Gasteiger partial charge < -0.3 is 14.9 Å². The average molecular weight is 205 g/mol. The number of hydrogen-bond donors (Lipinski definition) is 1. The maximum Gasteiger partial charge on any atom is 0.134 e. The zero-order valence-corrected chi connectivity index (χ0v) is 8.82. The Labute approximate surface area is 89.2 Å². The molecule has 0 fully saturated rings. The molecule has 0 saturated heterocycles. The maximum absolute atomic E-state index is 5.61. The third-order valence-electron chi connectivity index (χ3n) is 2.51. The molecule has 1 aliphatic carbocycles. The van der Waals surface area contributed by atoms with Gasteiger partial charge in [0, 0.05) is 5.57 Å². The molecule has 0 saturated carbocycles. The summed E-state index contributed by atoms with van der Waals surface area (Å²) in [4.78, 5) is 0. The third kappa shape index (κ3) is 1.97. The van der Waals surface area contributed by atoms with E-state index in [1.807, 2.05) is 18.2 Å². The van der Waals surface area contributed by atoms with Gasteiger partial charge in [-0.25, -0.2) is 0 Å². The normalized spacial score (nSPS) is 15.9. The lowest BCUT2D eigenvalue weighted by molar-refractivity contribution is 0.305. The van der Waals surface area contributed by atoms with Crippen LogP contribution in [0.15, 0.2) is 34.5 Å². The molecule has 1 aromatic rings. The monoisotopic (exact) mass is 205 g/mol. The van der Waals surface area contributed by atoms with Gasteiger partial charge in [0.25, 0.3) is 0 Å². The molecule has 15 heavy (non-hydrogen) atoms. The summed E-state index contributed by atoms with van der Waals surface area (Å²) >= 11 is 0. The molecule has 2 N–H and O–H groups in total. The number of rotatable bonds is 3. The Morgan fingerprint density at radius 3 is 3.00 bits per heavy atom. The van der Waals surface area contributed by atoms with Gasteiger partial charge in [-0.2, -0.15) is 0 Å². The van der Waals surface area contributed by atoms with Gasteiger partial charge >= 0.3 is 0 Å². The van der Waals surface area contributed by atoms with Crippen LogP contribution in [0, 0.1) is 0 Å². The minimum absolute atomic E-state index is 0.436. The van der Waals surface area contributed by atoms with Crippen molar-refractivity contribution in [2.24, 2.45) is 5.73 Å². The third-order valence-corrected chi connectivity index (χ3v) is 2.51. The van der Waals surface area contributed by atoms with Gasteiger partial charge in [0.1, 0.15) is 17.3 Å². The Hall–Kier alpha value is -1.48. The van der Waals surface area contributed by atoms with Crippen LogP contribution in [0.2, 0.25) is 0 Å². The summed E-state index contributed by atoms with van der Waals surface area (Å²) in [6, 6.07) is 3.86. The summed E-state index contributed by atoms with van der Waals surface area (Å²) in [5.74, 6) is 2.57. The molecular weight excluding hydrogens is 190 g/mol. The molecule has 3 nitrogen and oxygen atoms in total. The highest BCUT2D eigenvalue weighted by atomic mass is 16.5. The minimum atomic E-state index is 0.436. The first-order valence-corrected chi connectivity index (χ1v) is 5.08. The van der Waals surface area contributed by atoms with Crippen LogP contribution in [-0.4, -0.2) is 7.11 Å². The quantitative estimate of drug-likeness (QED) is 0.824. The molecular formula is C12H15NO2. The fourth-order valence-electron chi connectivity index (χ4n) is 1.73. The van der Waals surface area contributed by atoms with E-state index in [-0.39, 0.29) is 0 Å². The van der Waals surface area contributed by atoms with Gasteiger partial charge in [-0.05, 0) is 31.1 Å². The van der Waals surface area contributed by atoms with Crippen molar-refractivity contribution in [3.63, 3.8) is 0 Å². The minimum Gasteiger partial charge on any atom is -0.496 e. The Bertz CT molecular complexity index is 402. The molecule has 2 rings (SSSR count). The van der Waals surface area contributed by atoms with E-state index in [0.29, 0.717) is 6.54 Å².